The van der Waals surface area contributed by atoms with Crippen LogP contribution in [0.5, 0.6) is 5.75 Å². The van der Waals surface area contributed by atoms with Crippen LogP contribution in [0.2, 0.25) is 0 Å². The number of benzene rings is 3. The number of methoxy groups -OCH3 is 1. The van der Waals surface area contributed by atoms with Crippen LogP contribution in [0.1, 0.15) is 27.8 Å². The fraction of sp³-hybridized carbons (Fsp3) is 0.222. The molecule has 37 heavy (non-hydrogen) atoms. The minimum absolute atomic E-state index is 0.0595. The number of nitrogens with zero attached hydrogens (tertiary/aromatic N) is 3. The van der Waals surface area contributed by atoms with Gasteiger partial charge in [-0.1, -0.05) is 30.3 Å². The van der Waals surface area contributed by atoms with Gasteiger partial charge in [0.15, 0.2) is 0 Å². The number of pyridine rings is 1. The maximum Gasteiger partial charge on any atom is 0.252 e. The van der Waals surface area contributed by atoms with Gasteiger partial charge in [0.25, 0.3) is 5.56 Å². The summed E-state index contributed by atoms with van der Waals surface area (Å²) < 4.78 is 43.5. The van der Waals surface area contributed by atoms with Crippen molar-refractivity contribution in [1.29, 1.82) is 0 Å². The molecule has 5 rings (SSSR count). The van der Waals surface area contributed by atoms with E-state index >= 15 is 0 Å². The summed E-state index contributed by atoms with van der Waals surface area (Å²) in [5.74, 6) is 0.670. The highest BCUT2D eigenvalue weighted by atomic mass is 32.2. The van der Waals surface area contributed by atoms with Crippen molar-refractivity contribution in [3.05, 3.63) is 92.8 Å². The van der Waals surface area contributed by atoms with Gasteiger partial charge in [-0.3, -0.25) is 4.79 Å². The van der Waals surface area contributed by atoms with Gasteiger partial charge in [-0.05, 0) is 67.3 Å². The number of aromatic nitrogens is 3. The number of sulfonamides is 1. The maximum absolute atomic E-state index is 14.2. The summed E-state index contributed by atoms with van der Waals surface area (Å²) in [6.07, 6.45) is 0. The molecule has 0 aliphatic heterocycles. The standard InChI is InChI=1S/C27H26N4O4S2/c1-16-5-6-17(2)24-22(16)13-20(27(32)28-24)15-31(14-19-8-10-21(35-4)11-9-19)37(33,34)26-18(3)7-12-23-25(26)30-36-29-23/h5-13H,14-15H2,1-4H3,(H,28,32). The molecule has 0 spiro atoms. The van der Waals surface area contributed by atoms with E-state index in [0.717, 1.165) is 39.3 Å². The number of rotatable bonds is 7. The molecule has 2 aromatic heterocycles. The molecule has 8 nitrogen and oxygen atoms in total. The zero-order valence-corrected chi connectivity index (χ0v) is 22.5. The molecular formula is C27H26N4O4S2. The number of hydrogen-bond acceptors (Lipinski definition) is 7. The van der Waals surface area contributed by atoms with Crippen molar-refractivity contribution >= 4 is 43.7 Å². The zero-order valence-electron chi connectivity index (χ0n) is 20.9. The van der Waals surface area contributed by atoms with E-state index in [9.17, 15) is 13.2 Å². The summed E-state index contributed by atoms with van der Waals surface area (Å²) in [5.41, 5.74) is 4.93. The first kappa shape index (κ1) is 25.1. The van der Waals surface area contributed by atoms with Gasteiger partial charge in [-0.15, -0.1) is 0 Å². The predicted octanol–water partition coefficient (Wildman–Crippen LogP) is 4.86. The summed E-state index contributed by atoms with van der Waals surface area (Å²) in [6, 6.07) is 16.4. The molecule has 0 atom stereocenters. The van der Waals surface area contributed by atoms with Crippen LogP contribution in [0, 0.1) is 20.8 Å². The summed E-state index contributed by atoms with van der Waals surface area (Å²) in [5, 5.41) is 0.887. The fourth-order valence-electron chi connectivity index (χ4n) is 4.47. The Morgan fingerprint density at radius 3 is 2.35 bits per heavy atom. The number of nitrogens with one attached hydrogen (secondary N) is 1. The van der Waals surface area contributed by atoms with E-state index < -0.39 is 10.0 Å². The number of ether oxygens (including phenoxy) is 1. The SMILES string of the molecule is COc1ccc(CN(Cc2cc3c(C)ccc(C)c3[nH]c2=O)S(=O)(=O)c2c(C)ccc3nsnc23)cc1. The molecular weight excluding hydrogens is 508 g/mol. The van der Waals surface area contributed by atoms with Gasteiger partial charge in [-0.25, -0.2) is 8.42 Å². The molecule has 0 saturated carbocycles. The first-order valence-electron chi connectivity index (χ1n) is 11.7. The molecule has 0 aliphatic carbocycles. The summed E-state index contributed by atoms with van der Waals surface area (Å²) >= 11 is 0.971. The molecule has 0 radical (unpaired) electrons. The number of H-pyrrole nitrogens is 1. The van der Waals surface area contributed by atoms with E-state index in [2.05, 4.69) is 13.7 Å². The Hall–Kier alpha value is -3.60. The average molecular weight is 535 g/mol. The van der Waals surface area contributed by atoms with Crippen molar-refractivity contribution < 1.29 is 13.2 Å². The Morgan fingerprint density at radius 1 is 0.919 bits per heavy atom. The van der Waals surface area contributed by atoms with Gasteiger partial charge >= 0.3 is 0 Å². The molecule has 10 heteroatoms. The van der Waals surface area contributed by atoms with Crippen molar-refractivity contribution in [2.24, 2.45) is 0 Å². The highest BCUT2D eigenvalue weighted by Gasteiger charge is 2.30. The molecule has 0 aliphatic rings. The lowest BCUT2D eigenvalue weighted by molar-refractivity contribution is 0.398. The Kier molecular flexibility index (Phi) is 6.57. The third-order valence-electron chi connectivity index (χ3n) is 6.56. The van der Waals surface area contributed by atoms with Crippen LogP contribution >= 0.6 is 11.7 Å². The van der Waals surface area contributed by atoms with Crippen molar-refractivity contribution in [2.45, 2.75) is 38.8 Å². The van der Waals surface area contributed by atoms with Crippen LogP contribution in [0.4, 0.5) is 0 Å². The molecule has 5 aromatic rings. The molecule has 2 heterocycles. The monoisotopic (exact) mass is 534 g/mol. The molecule has 1 N–H and O–H groups in total. The van der Waals surface area contributed by atoms with Gasteiger partial charge in [0.05, 0.1) is 24.4 Å². The summed E-state index contributed by atoms with van der Waals surface area (Å²) in [4.78, 5) is 16.2. The second kappa shape index (κ2) is 9.70. The van der Waals surface area contributed by atoms with Crippen LogP contribution in [-0.4, -0.2) is 33.6 Å². The Balaban J connectivity index is 1.65. The topological polar surface area (TPSA) is 105 Å². The quantitative estimate of drug-likeness (QED) is 0.320. The molecule has 190 valence electrons. The fourth-order valence-corrected chi connectivity index (χ4v) is 6.83. The number of aromatic amines is 1. The highest BCUT2D eigenvalue weighted by Crippen LogP contribution is 2.30. The van der Waals surface area contributed by atoms with Crippen molar-refractivity contribution in [1.82, 2.24) is 18.0 Å². The lowest BCUT2D eigenvalue weighted by Crippen LogP contribution is -2.33. The van der Waals surface area contributed by atoms with Gasteiger partial charge in [-0.2, -0.15) is 13.1 Å². The van der Waals surface area contributed by atoms with E-state index in [0.29, 0.717) is 27.9 Å². The van der Waals surface area contributed by atoms with Crippen LogP contribution < -0.4 is 10.3 Å². The summed E-state index contributed by atoms with van der Waals surface area (Å²) in [7, 11) is -2.50. The van der Waals surface area contributed by atoms with E-state index in [4.69, 9.17) is 4.74 Å². The van der Waals surface area contributed by atoms with E-state index in [1.54, 1.807) is 44.4 Å². The molecule has 0 bridgehead atoms. The van der Waals surface area contributed by atoms with Crippen LogP contribution in [0.25, 0.3) is 21.9 Å². The number of fused-ring (bicyclic) bond motifs is 2. The van der Waals surface area contributed by atoms with Crippen LogP contribution in [-0.2, 0) is 23.1 Å². The van der Waals surface area contributed by atoms with Gasteiger partial charge in [0, 0.05) is 24.0 Å². The van der Waals surface area contributed by atoms with Gasteiger partial charge in [0.2, 0.25) is 10.0 Å². The van der Waals surface area contributed by atoms with Gasteiger partial charge < -0.3 is 9.72 Å². The minimum Gasteiger partial charge on any atom is -0.497 e. The number of aryl methyl sites for hydroxylation is 3. The molecule has 0 saturated heterocycles. The average Bonchev–Trinajstić information content (AvgIpc) is 3.35. The lowest BCUT2D eigenvalue weighted by Gasteiger charge is -2.24. The Bertz CT molecular complexity index is 1790. The number of hydrogen-bond donors (Lipinski definition) is 1. The zero-order chi connectivity index (χ0) is 26.3. The smallest absolute Gasteiger partial charge is 0.252 e. The Morgan fingerprint density at radius 2 is 1.62 bits per heavy atom. The molecule has 0 amide bonds. The van der Waals surface area contributed by atoms with E-state index in [-0.39, 0.29) is 23.5 Å². The van der Waals surface area contributed by atoms with Gasteiger partial charge in [0.1, 0.15) is 21.7 Å². The van der Waals surface area contributed by atoms with Crippen molar-refractivity contribution in [3.8, 4) is 5.75 Å². The van der Waals surface area contributed by atoms with Crippen molar-refractivity contribution in [2.75, 3.05) is 7.11 Å². The normalized spacial score (nSPS) is 12.0. The van der Waals surface area contributed by atoms with Crippen molar-refractivity contribution in [3.63, 3.8) is 0 Å². The summed E-state index contributed by atoms with van der Waals surface area (Å²) in [6.45, 7) is 5.59. The van der Waals surface area contributed by atoms with E-state index in [1.807, 2.05) is 38.1 Å². The first-order valence-corrected chi connectivity index (χ1v) is 13.8. The minimum atomic E-state index is -4.08. The first-order chi connectivity index (χ1) is 17.7. The largest absolute Gasteiger partial charge is 0.497 e. The Labute approximate surface area is 218 Å². The maximum atomic E-state index is 14.2. The second-order valence-electron chi connectivity index (χ2n) is 9.08. The van der Waals surface area contributed by atoms with Crippen LogP contribution in [0.3, 0.4) is 0 Å². The van der Waals surface area contributed by atoms with Crippen LogP contribution in [0.15, 0.2) is 64.3 Å². The third-order valence-corrected chi connectivity index (χ3v) is 9.07. The highest BCUT2D eigenvalue weighted by molar-refractivity contribution is 7.89. The molecule has 0 fully saturated rings. The third kappa shape index (κ3) is 4.63. The second-order valence-corrected chi connectivity index (χ2v) is 11.5. The predicted molar refractivity (Wildman–Crippen MR) is 146 cm³/mol. The molecule has 0 unspecified atom stereocenters. The van der Waals surface area contributed by atoms with E-state index in [1.165, 1.54) is 4.31 Å². The lowest BCUT2D eigenvalue weighted by atomic mass is 10.0. The molecule has 3 aromatic carbocycles.